The van der Waals surface area contributed by atoms with Gasteiger partial charge in [-0.25, -0.2) is 13.6 Å². The summed E-state index contributed by atoms with van der Waals surface area (Å²) in [6.45, 7) is 1.60. The molecule has 1 atom stereocenters. The molecule has 2 aliphatic heterocycles. The van der Waals surface area contributed by atoms with Crippen molar-refractivity contribution in [2.45, 2.75) is 25.4 Å². The third-order valence-corrected chi connectivity index (χ3v) is 7.34. The van der Waals surface area contributed by atoms with Crippen LogP contribution >= 0.6 is 23.2 Å². The maximum absolute atomic E-state index is 14.9. The molecule has 2 aliphatic rings. The van der Waals surface area contributed by atoms with E-state index in [-0.39, 0.29) is 28.7 Å². The Labute approximate surface area is 206 Å². The number of hydrogen-bond acceptors (Lipinski definition) is 3. The minimum Gasteiger partial charge on any atom is -0.399 e. The molecule has 176 valence electrons. The first-order valence-corrected chi connectivity index (χ1v) is 11.8. The van der Waals surface area contributed by atoms with Gasteiger partial charge in [0.05, 0.1) is 6.54 Å². The molecule has 3 aromatic carbocycles. The van der Waals surface area contributed by atoms with Crippen LogP contribution in [0.4, 0.5) is 30.6 Å². The van der Waals surface area contributed by atoms with E-state index in [0.717, 1.165) is 19.2 Å². The first-order valence-electron chi connectivity index (χ1n) is 11.0. The number of anilines is 1. The number of nitrogens with one attached hydrogen (secondary N) is 2. The van der Waals surface area contributed by atoms with Crippen molar-refractivity contribution in [3.8, 4) is 11.1 Å². The van der Waals surface area contributed by atoms with Crippen LogP contribution in [0.15, 0.2) is 48.5 Å². The van der Waals surface area contributed by atoms with E-state index >= 15 is 0 Å². The number of nitrogens with two attached hydrogens (primary N) is 1. The van der Waals surface area contributed by atoms with Crippen LogP contribution in [-0.2, 0) is 6.54 Å². The number of fused-ring (bicyclic) bond motifs is 1. The van der Waals surface area contributed by atoms with Crippen LogP contribution in [0, 0.1) is 11.6 Å². The van der Waals surface area contributed by atoms with Gasteiger partial charge >= 0.3 is 6.03 Å². The number of carbonyl (C=O) groups excluding carboxylic acids is 1. The SMILES string of the molecule is Nc1cc(-c2ccc(F)cc2F)c2c(c1)[N+](c1c(Cl)cccc1Cl)(C1CCNCC1)C(=O)NC2. The van der Waals surface area contributed by atoms with E-state index in [2.05, 4.69) is 10.6 Å². The molecule has 2 heterocycles. The zero-order chi connectivity index (χ0) is 24.0. The molecule has 2 amide bonds. The monoisotopic (exact) mass is 503 g/mol. The summed E-state index contributed by atoms with van der Waals surface area (Å²) in [4.78, 5) is 13.9. The number of amides is 2. The molecule has 0 aliphatic carbocycles. The van der Waals surface area contributed by atoms with E-state index < -0.39 is 11.6 Å². The molecule has 0 bridgehead atoms. The quantitative estimate of drug-likeness (QED) is 0.297. The van der Waals surface area contributed by atoms with Crippen molar-refractivity contribution in [2.75, 3.05) is 18.8 Å². The second-order valence-corrected chi connectivity index (χ2v) is 9.44. The highest BCUT2D eigenvalue weighted by atomic mass is 35.5. The highest BCUT2D eigenvalue weighted by molar-refractivity contribution is 6.39. The Hall–Kier alpha value is -2.71. The van der Waals surface area contributed by atoms with E-state index in [0.29, 0.717) is 51.1 Å². The van der Waals surface area contributed by atoms with Gasteiger partial charge in [-0.3, -0.25) is 0 Å². The summed E-state index contributed by atoms with van der Waals surface area (Å²) >= 11 is 13.4. The summed E-state index contributed by atoms with van der Waals surface area (Å²) in [5.74, 6) is -1.38. The minimum absolute atomic E-state index is 0.160. The fourth-order valence-electron chi connectivity index (χ4n) is 5.31. The van der Waals surface area contributed by atoms with E-state index in [1.807, 2.05) is 0 Å². The van der Waals surface area contributed by atoms with Crippen LogP contribution in [0.2, 0.25) is 10.0 Å². The molecular formula is C25H23Cl2F2N4O+. The van der Waals surface area contributed by atoms with E-state index in [1.54, 1.807) is 30.3 Å². The molecular weight excluding hydrogens is 481 g/mol. The Morgan fingerprint density at radius 3 is 2.35 bits per heavy atom. The Morgan fingerprint density at radius 1 is 0.971 bits per heavy atom. The molecule has 5 rings (SSSR count). The van der Waals surface area contributed by atoms with E-state index in [1.165, 1.54) is 12.1 Å². The van der Waals surface area contributed by atoms with E-state index in [4.69, 9.17) is 28.9 Å². The van der Waals surface area contributed by atoms with Crippen molar-refractivity contribution in [1.29, 1.82) is 0 Å². The van der Waals surface area contributed by atoms with Crippen molar-refractivity contribution < 1.29 is 13.6 Å². The van der Waals surface area contributed by atoms with Gasteiger partial charge in [-0.1, -0.05) is 29.3 Å². The van der Waals surface area contributed by atoms with Crippen LogP contribution in [0.3, 0.4) is 0 Å². The highest BCUT2D eigenvalue weighted by Gasteiger charge is 2.55. The Kier molecular flexibility index (Phi) is 5.98. The molecule has 9 heteroatoms. The van der Waals surface area contributed by atoms with E-state index in [9.17, 15) is 13.6 Å². The molecule has 1 fully saturated rings. The number of hydrogen-bond donors (Lipinski definition) is 3. The van der Waals surface area contributed by atoms with Gasteiger partial charge in [0.1, 0.15) is 27.7 Å². The summed E-state index contributed by atoms with van der Waals surface area (Å²) in [7, 11) is 0. The smallest absolute Gasteiger partial charge is 0.399 e. The molecule has 0 spiro atoms. The number of halogens is 4. The van der Waals surface area contributed by atoms with Crippen molar-refractivity contribution in [3.05, 3.63) is 75.8 Å². The van der Waals surface area contributed by atoms with Crippen molar-refractivity contribution in [1.82, 2.24) is 15.1 Å². The summed E-state index contributed by atoms with van der Waals surface area (Å²) in [6, 6.07) is 11.5. The molecule has 1 unspecified atom stereocenters. The molecule has 0 saturated carbocycles. The number of nitrogens with zero attached hydrogens (tertiary/aromatic N) is 1. The largest absolute Gasteiger partial charge is 0.427 e. The highest BCUT2D eigenvalue weighted by Crippen LogP contribution is 2.52. The van der Waals surface area contributed by atoms with Gasteiger partial charge in [0, 0.05) is 54.9 Å². The van der Waals surface area contributed by atoms with Crippen LogP contribution in [0.5, 0.6) is 0 Å². The molecule has 3 aromatic rings. The zero-order valence-electron chi connectivity index (χ0n) is 18.2. The number of urea groups is 1. The predicted octanol–water partition coefficient (Wildman–Crippen LogP) is 6.14. The number of carbonyl (C=O) groups is 1. The van der Waals surface area contributed by atoms with Crippen molar-refractivity contribution in [2.24, 2.45) is 0 Å². The van der Waals surface area contributed by atoms with Gasteiger partial charge in [0.25, 0.3) is 0 Å². The molecule has 1 saturated heterocycles. The first-order chi connectivity index (χ1) is 16.3. The van der Waals surface area contributed by atoms with Gasteiger partial charge in [0.2, 0.25) is 0 Å². The molecule has 0 aromatic heterocycles. The van der Waals surface area contributed by atoms with Gasteiger partial charge in [-0.05, 0) is 35.9 Å². The fraction of sp³-hybridized carbons (Fsp3) is 0.240. The molecule has 5 nitrogen and oxygen atoms in total. The number of piperidine rings is 1. The summed E-state index contributed by atoms with van der Waals surface area (Å²) in [5, 5.41) is 7.04. The van der Waals surface area contributed by atoms with Gasteiger partial charge < -0.3 is 16.4 Å². The maximum atomic E-state index is 14.9. The van der Waals surface area contributed by atoms with Crippen LogP contribution in [-0.4, -0.2) is 25.2 Å². The summed E-state index contributed by atoms with van der Waals surface area (Å²) in [6.07, 6.45) is 1.37. The molecule has 34 heavy (non-hydrogen) atoms. The number of nitrogen functional groups attached to an aromatic ring is 1. The number of benzene rings is 3. The lowest BCUT2D eigenvalue weighted by molar-refractivity contribution is 0.186. The predicted molar refractivity (Wildman–Crippen MR) is 132 cm³/mol. The second kappa shape index (κ2) is 8.82. The minimum atomic E-state index is -0.708. The third-order valence-electron chi connectivity index (χ3n) is 6.73. The molecule has 0 radical (unpaired) electrons. The Morgan fingerprint density at radius 2 is 1.68 bits per heavy atom. The zero-order valence-corrected chi connectivity index (χ0v) is 19.7. The lowest BCUT2D eigenvalue weighted by Gasteiger charge is -2.46. The number of quaternary nitrogens is 1. The van der Waals surface area contributed by atoms with Crippen LogP contribution in [0.25, 0.3) is 11.1 Å². The number of para-hydroxylation sites is 1. The topological polar surface area (TPSA) is 67.1 Å². The maximum Gasteiger partial charge on any atom is 0.427 e. The average molecular weight is 504 g/mol. The van der Waals surface area contributed by atoms with Gasteiger partial charge in [-0.15, -0.1) is 0 Å². The normalized spacial score (nSPS) is 20.6. The summed E-state index contributed by atoms with van der Waals surface area (Å²) < 4.78 is 28.3. The summed E-state index contributed by atoms with van der Waals surface area (Å²) in [5.41, 5.74) is 9.14. The number of rotatable bonds is 3. The lowest BCUT2D eigenvalue weighted by atomic mass is 9.90. The first kappa shape index (κ1) is 23.1. The molecule has 4 N–H and O–H groups in total. The Bertz CT molecular complexity index is 1280. The van der Waals surface area contributed by atoms with Gasteiger partial charge in [0.15, 0.2) is 11.4 Å². The van der Waals surface area contributed by atoms with Crippen molar-refractivity contribution >= 4 is 46.3 Å². The Balaban J connectivity index is 1.87. The van der Waals surface area contributed by atoms with Crippen molar-refractivity contribution in [3.63, 3.8) is 0 Å². The van der Waals surface area contributed by atoms with Crippen LogP contribution < -0.4 is 20.9 Å². The van der Waals surface area contributed by atoms with Crippen LogP contribution in [0.1, 0.15) is 18.4 Å². The average Bonchev–Trinajstić information content (AvgIpc) is 2.80. The lowest BCUT2D eigenvalue weighted by Crippen LogP contribution is -2.65. The van der Waals surface area contributed by atoms with Gasteiger partial charge in [-0.2, -0.15) is 4.48 Å². The fourth-order valence-corrected chi connectivity index (χ4v) is 5.98. The third kappa shape index (κ3) is 3.55. The second-order valence-electron chi connectivity index (χ2n) is 8.62. The standard InChI is InChI=1S/C25H22Cl2F2N4O/c26-20-2-1-3-21(27)24(20)33(16-6-8-31-9-7-16)23-12-15(30)11-18(19(23)13-32-25(33)34)17-5-4-14(28)10-22(17)29/h1-5,10-12,16,31H,6-9,13,30H2/p+1.